The molecule has 0 aliphatic carbocycles. The van der Waals surface area contributed by atoms with E-state index in [4.69, 9.17) is 14.9 Å². The van der Waals surface area contributed by atoms with E-state index in [1.807, 2.05) is 7.05 Å². The number of hydrogen-bond acceptors (Lipinski definition) is 3. The lowest BCUT2D eigenvalue weighted by Crippen LogP contribution is -2.31. The van der Waals surface area contributed by atoms with E-state index in [0.717, 1.165) is 25.7 Å². The Morgan fingerprint density at radius 1 is 1.12 bits per heavy atom. The number of rotatable bonds is 13. The first-order valence-corrected chi connectivity index (χ1v) is 10.9. The van der Waals surface area contributed by atoms with Gasteiger partial charge in [-0.2, -0.15) is 0 Å². The summed E-state index contributed by atoms with van der Waals surface area (Å²) in [7, 11) is -2.63. The van der Waals surface area contributed by atoms with Crippen LogP contribution in [0.5, 0.6) is 0 Å². The summed E-state index contributed by atoms with van der Waals surface area (Å²) in [5.74, 6) is -1.43. The highest BCUT2D eigenvalue weighted by atomic mass is 31.2. The van der Waals surface area contributed by atoms with Crippen LogP contribution in [-0.4, -0.2) is 51.1 Å². The van der Waals surface area contributed by atoms with Crippen molar-refractivity contribution >= 4 is 13.6 Å². The number of hydrogen-bond donors (Lipinski definition) is 3. The Kier molecular flexibility index (Phi) is 12.0. The summed E-state index contributed by atoms with van der Waals surface area (Å²) in [5.41, 5.74) is 1.14. The second kappa shape index (κ2) is 12.4. The fraction of sp³-hybridized carbons (Fsp3) is 0.737. The van der Waals surface area contributed by atoms with Gasteiger partial charge in [0.25, 0.3) is 0 Å². The van der Waals surface area contributed by atoms with E-state index in [1.54, 1.807) is 0 Å². The number of carboxylic acids is 1. The van der Waals surface area contributed by atoms with Crippen molar-refractivity contribution in [1.82, 2.24) is 4.90 Å². The first kappa shape index (κ1) is 25.1. The zero-order valence-corrected chi connectivity index (χ0v) is 17.7. The van der Waals surface area contributed by atoms with Crippen LogP contribution >= 0.6 is 7.60 Å². The molecule has 0 fully saturated rings. The average molecular weight is 389 g/mol. The van der Waals surface area contributed by atoms with E-state index >= 15 is 0 Å². The molecule has 0 aliphatic heterocycles. The van der Waals surface area contributed by atoms with Gasteiger partial charge in [-0.3, -0.25) is 9.36 Å². The minimum absolute atomic E-state index is 0.0138. The standard InChI is InChI=1S/C19H36NO5P/c1-15(2)9-6-10-16(3)11-7-12-17(4)20(5)14-8-13-18(19(21)22)26(23,24)25/h9,11,17-18H,6-8,10,12-14H2,1-5H3,(H,21,22)(H2,23,24,25). The zero-order valence-electron chi connectivity index (χ0n) is 16.8. The predicted molar refractivity (Wildman–Crippen MR) is 106 cm³/mol. The van der Waals surface area contributed by atoms with Gasteiger partial charge in [0.2, 0.25) is 0 Å². The van der Waals surface area contributed by atoms with Crippen molar-refractivity contribution in [3.8, 4) is 0 Å². The summed E-state index contributed by atoms with van der Waals surface area (Å²) in [5, 5.41) is 8.93. The molecule has 0 radical (unpaired) electrons. The summed E-state index contributed by atoms with van der Waals surface area (Å²) in [4.78, 5) is 31.3. The third-order valence-electron chi connectivity index (χ3n) is 4.60. The second-order valence-corrected chi connectivity index (χ2v) is 9.16. The third kappa shape index (κ3) is 11.6. The van der Waals surface area contributed by atoms with Crippen LogP contribution in [0, 0.1) is 0 Å². The Balaban J connectivity index is 4.20. The quantitative estimate of drug-likeness (QED) is 0.323. The van der Waals surface area contributed by atoms with Crippen molar-refractivity contribution in [3.05, 3.63) is 23.3 Å². The van der Waals surface area contributed by atoms with Gasteiger partial charge in [-0.05, 0) is 79.8 Å². The molecule has 0 rings (SSSR count). The fourth-order valence-corrected chi connectivity index (χ4v) is 3.48. The van der Waals surface area contributed by atoms with E-state index in [1.165, 1.54) is 11.1 Å². The maximum atomic E-state index is 11.2. The molecule has 0 aromatic heterocycles. The van der Waals surface area contributed by atoms with Crippen LogP contribution in [0.4, 0.5) is 0 Å². The lowest BCUT2D eigenvalue weighted by Gasteiger charge is -2.25. The van der Waals surface area contributed by atoms with Crippen molar-refractivity contribution < 1.29 is 24.3 Å². The Morgan fingerprint density at radius 3 is 2.23 bits per heavy atom. The van der Waals surface area contributed by atoms with Crippen LogP contribution in [0.2, 0.25) is 0 Å². The first-order valence-electron chi connectivity index (χ1n) is 9.22. The molecule has 0 aliphatic rings. The maximum absolute atomic E-state index is 11.2. The van der Waals surface area contributed by atoms with Gasteiger partial charge in [-0.25, -0.2) is 0 Å². The lowest BCUT2D eigenvalue weighted by molar-refractivity contribution is -0.137. The number of allylic oxidation sites excluding steroid dienone is 4. The van der Waals surface area contributed by atoms with E-state index in [2.05, 4.69) is 44.7 Å². The van der Waals surface area contributed by atoms with Crippen LogP contribution in [0.15, 0.2) is 23.3 Å². The fourth-order valence-electron chi connectivity index (χ4n) is 2.67. The van der Waals surface area contributed by atoms with E-state index < -0.39 is 19.2 Å². The van der Waals surface area contributed by atoms with E-state index in [0.29, 0.717) is 19.0 Å². The van der Waals surface area contributed by atoms with E-state index in [9.17, 15) is 9.36 Å². The Labute approximate surface area is 158 Å². The highest BCUT2D eigenvalue weighted by Gasteiger charge is 2.35. The van der Waals surface area contributed by atoms with Crippen LogP contribution in [-0.2, 0) is 9.36 Å². The molecule has 0 saturated heterocycles. The molecule has 6 nitrogen and oxygen atoms in total. The van der Waals surface area contributed by atoms with Crippen LogP contribution in [0.25, 0.3) is 0 Å². The van der Waals surface area contributed by atoms with Crippen LogP contribution in [0.3, 0.4) is 0 Å². The largest absolute Gasteiger partial charge is 0.481 e. The summed E-state index contributed by atoms with van der Waals surface area (Å²) in [6, 6.07) is 0.329. The Bertz CT molecular complexity index is 534. The highest BCUT2D eigenvalue weighted by Crippen LogP contribution is 2.43. The molecule has 0 aromatic rings. The Hall–Kier alpha value is -0.940. The molecule has 152 valence electrons. The predicted octanol–water partition coefficient (Wildman–Crippen LogP) is 4.19. The molecule has 0 aromatic carbocycles. The van der Waals surface area contributed by atoms with Gasteiger partial charge in [0.1, 0.15) is 0 Å². The van der Waals surface area contributed by atoms with Gasteiger partial charge >= 0.3 is 13.6 Å². The van der Waals surface area contributed by atoms with Crippen molar-refractivity contribution in [2.24, 2.45) is 0 Å². The summed E-state index contributed by atoms with van der Waals surface area (Å²) in [6.07, 6.45) is 9.09. The summed E-state index contributed by atoms with van der Waals surface area (Å²) in [6.45, 7) is 9.10. The zero-order chi connectivity index (χ0) is 20.3. The molecule has 0 spiro atoms. The third-order valence-corrected chi connectivity index (χ3v) is 5.89. The average Bonchev–Trinajstić information content (AvgIpc) is 2.49. The topological polar surface area (TPSA) is 98.1 Å². The molecule has 7 heteroatoms. The molecular formula is C19H36NO5P. The smallest absolute Gasteiger partial charge is 0.339 e. The molecule has 2 atom stereocenters. The van der Waals surface area contributed by atoms with Gasteiger partial charge in [0, 0.05) is 6.04 Å². The number of carboxylic acid groups (broad SMARTS) is 1. The Morgan fingerprint density at radius 2 is 1.73 bits per heavy atom. The van der Waals surface area contributed by atoms with Crippen molar-refractivity contribution in [3.63, 3.8) is 0 Å². The minimum Gasteiger partial charge on any atom is -0.481 e. The number of carbonyl (C=O) groups is 1. The second-order valence-electron chi connectivity index (χ2n) is 7.36. The summed E-state index contributed by atoms with van der Waals surface area (Å²) >= 11 is 0. The van der Waals surface area contributed by atoms with Gasteiger partial charge in [0.15, 0.2) is 5.66 Å². The highest BCUT2D eigenvalue weighted by molar-refractivity contribution is 7.53. The van der Waals surface area contributed by atoms with Gasteiger partial charge in [-0.1, -0.05) is 23.3 Å². The molecule has 0 heterocycles. The number of aliphatic carboxylic acids is 1. The lowest BCUT2D eigenvalue weighted by atomic mass is 10.1. The molecule has 0 saturated carbocycles. The van der Waals surface area contributed by atoms with Gasteiger partial charge in [0.05, 0.1) is 0 Å². The molecule has 26 heavy (non-hydrogen) atoms. The summed E-state index contributed by atoms with van der Waals surface area (Å²) < 4.78 is 11.2. The molecule has 0 amide bonds. The molecular weight excluding hydrogens is 353 g/mol. The molecule has 0 bridgehead atoms. The van der Waals surface area contributed by atoms with Crippen molar-refractivity contribution in [2.45, 2.75) is 77.9 Å². The monoisotopic (exact) mass is 389 g/mol. The SMILES string of the molecule is CC(C)=CCCC(C)=CCCC(C)N(C)CCCC(C(=O)O)P(=O)(O)O. The normalized spacial score (nSPS) is 15.0. The van der Waals surface area contributed by atoms with Crippen molar-refractivity contribution in [2.75, 3.05) is 13.6 Å². The van der Waals surface area contributed by atoms with Crippen LogP contribution < -0.4 is 0 Å². The van der Waals surface area contributed by atoms with Gasteiger partial charge in [-0.15, -0.1) is 0 Å². The molecule has 3 N–H and O–H groups in total. The number of nitrogens with zero attached hydrogens (tertiary/aromatic N) is 1. The molecule has 2 unspecified atom stereocenters. The van der Waals surface area contributed by atoms with Crippen molar-refractivity contribution in [1.29, 1.82) is 0 Å². The van der Waals surface area contributed by atoms with Crippen LogP contribution in [0.1, 0.15) is 66.2 Å². The minimum atomic E-state index is -4.59. The van der Waals surface area contributed by atoms with E-state index in [-0.39, 0.29) is 6.42 Å². The first-order chi connectivity index (χ1) is 11.9. The van der Waals surface area contributed by atoms with Gasteiger partial charge < -0.3 is 19.8 Å². The maximum Gasteiger partial charge on any atom is 0.339 e.